The van der Waals surface area contributed by atoms with Gasteiger partial charge < -0.3 is 15.7 Å². The summed E-state index contributed by atoms with van der Waals surface area (Å²) in [4.78, 5) is 0. The molecule has 1 saturated heterocycles. The molecule has 3 nitrogen and oxygen atoms in total. The van der Waals surface area contributed by atoms with Crippen molar-refractivity contribution in [3.63, 3.8) is 0 Å². The van der Waals surface area contributed by atoms with Crippen molar-refractivity contribution in [3.8, 4) is 0 Å². The zero-order valence-electron chi connectivity index (χ0n) is 8.82. The van der Waals surface area contributed by atoms with E-state index in [0.717, 1.165) is 26.1 Å². The summed E-state index contributed by atoms with van der Waals surface area (Å²) >= 11 is 0. The van der Waals surface area contributed by atoms with E-state index in [1.807, 2.05) is 6.07 Å². The Morgan fingerprint density at radius 2 is 2.13 bits per heavy atom. The molecule has 82 valence electrons. The average molecular weight is 206 g/mol. The number of rotatable bonds is 4. The summed E-state index contributed by atoms with van der Waals surface area (Å²) in [6.45, 7) is 2.55. The lowest BCUT2D eigenvalue weighted by atomic mass is 10.2. The highest BCUT2D eigenvalue weighted by Crippen LogP contribution is 2.05. The van der Waals surface area contributed by atoms with E-state index in [1.165, 1.54) is 5.56 Å². The second-order valence-electron chi connectivity index (χ2n) is 4.11. The maximum Gasteiger partial charge on any atom is 0.0680 e. The third-order valence-corrected chi connectivity index (χ3v) is 2.76. The lowest BCUT2D eigenvalue weighted by Crippen LogP contribution is -2.33. The Morgan fingerprint density at radius 3 is 2.80 bits per heavy atom. The van der Waals surface area contributed by atoms with Crippen LogP contribution in [0.5, 0.6) is 0 Å². The van der Waals surface area contributed by atoms with Gasteiger partial charge in [0.1, 0.15) is 0 Å². The monoisotopic (exact) mass is 206 g/mol. The molecule has 0 saturated carbocycles. The zero-order valence-corrected chi connectivity index (χ0v) is 8.82. The first-order valence-electron chi connectivity index (χ1n) is 5.50. The number of aliphatic hydroxyl groups is 1. The maximum atomic E-state index is 9.33. The Labute approximate surface area is 90.5 Å². The molecule has 2 atom stereocenters. The molecule has 2 rings (SSSR count). The minimum absolute atomic E-state index is 0.159. The summed E-state index contributed by atoms with van der Waals surface area (Å²) in [6, 6.07) is 10.8. The molecule has 1 aliphatic rings. The molecule has 0 aromatic heterocycles. The van der Waals surface area contributed by atoms with Crippen LogP contribution in [0.2, 0.25) is 0 Å². The van der Waals surface area contributed by atoms with Gasteiger partial charge in [0.25, 0.3) is 0 Å². The summed E-state index contributed by atoms with van der Waals surface area (Å²) in [5, 5.41) is 16.0. The fraction of sp³-hybridized carbons (Fsp3) is 0.500. The molecule has 1 aromatic rings. The number of aliphatic hydroxyl groups excluding tert-OH is 1. The van der Waals surface area contributed by atoms with E-state index < -0.39 is 0 Å². The highest BCUT2D eigenvalue weighted by Gasteiger charge is 2.20. The van der Waals surface area contributed by atoms with Gasteiger partial charge in [0.2, 0.25) is 0 Å². The molecule has 1 heterocycles. The first kappa shape index (κ1) is 10.6. The van der Waals surface area contributed by atoms with Gasteiger partial charge in [-0.15, -0.1) is 0 Å². The first-order chi connectivity index (χ1) is 7.34. The first-order valence-corrected chi connectivity index (χ1v) is 5.50. The van der Waals surface area contributed by atoms with Gasteiger partial charge in [0.05, 0.1) is 6.10 Å². The van der Waals surface area contributed by atoms with Crippen LogP contribution < -0.4 is 10.6 Å². The average Bonchev–Trinajstić information content (AvgIpc) is 2.66. The molecule has 3 heteroatoms. The van der Waals surface area contributed by atoms with Crippen LogP contribution >= 0.6 is 0 Å². The number of hydrogen-bond acceptors (Lipinski definition) is 3. The van der Waals surface area contributed by atoms with Crippen LogP contribution in [0.3, 0.4) is 0 Å². The molecule has 0 aliphatic carbocycles. The van der Waals surface area contributed by atoms with Gasteiger partial charge in [0, 0.05) is 25.7 Å². The number of nitrogens with one attached hydrogen (secondary N) is 2. The van der Waals surface area contributed by atoms with E-state index in [0.29, 0.717) is 6.04 Å². The molecular formula is C12H18N2O. The van der Waals surface area contributed by atoms with Gasteiger partial charge in [-0.2, -0.15) is 0 Å². The van der Waals surface area contributed by atoms with Crippen LogP contribution in [0.15, 0.2) is 30.3 Å². The minimum Gasteiger partial charge on any atom is -0.392 e. The lowest BCUT2D eigenvalue weighted by molar-refractivity contribution is 0.193. The van der Waals surface area contributed by atoms with Gasteiger partial charge in [-0.25, -0.2) is 0 Å². The van der Waals surface area contributed by atoms with E-state index >= 15 is 0 Å². The van der Waals surface area contributed by atoms with Crippen molar-refractivity contribution < 1.29 is 5.11 Å². The van der Waals surface area contributed by atoms with E-state index in [2.05, 4.69) is 34.9 Å². The number of benzene rings is 1. The molecule has 15 heavy (non-hydrogen) atoms. The van der Waals surface area contributed by atoms with Gasteiger partial charge in [-0.05, 0) is 12.0 Å². The van der Waals surface area contributed by atoms with Gasteiger partial charge >= 0.3 is 0 Å². The normalized spacial score (nSPS) is 25.7. The smallest absolute Gasteiger partial charge is 0.0680 e. The molecular weight excluding hydrogens is 188 g/mol. The lowest BCUT2D eigenvalue weighted by Gasteiger charge is -2.11. The maximum absolute atomic E-state index is 9.33. The Bertz CT molecular complexity index is 289. The summed E-state index contributed by atoms with van der Waals surface area (Å²) < 4.78 is 0. The van der Waals surface area contributed by atoms with Crippen LogP contribution in [-0.4, -0.2) is 30.3 Å². The molecule has 0 spiro atoms. The standard InChI is InChI=1S/C12H18N2O/c15-12-6-11(14-9-12)8-13-7-10-4-2-1-3-5-10/h1-5,11-15H,6-9H2. The molecule has 0 amide bonds. The van der Waals surface area contributed by atoms with Crippen molar-refractivity contribution in [3.05, 3.63) is 35.9 Å². The van der Waals surface area contributed by atoms with E-state index in [-0.39, 0.29) is 6.10 Å². The summed E-state index contributed by atoms with van der Waals surface area (Å²) in [5.74, 6) is 0. The molecule has 2 unspecified atom stereocenters. The Hall–Kier alpha value is -0.900. The van der Waals surface area contributed by atoms with Crippen molar-refractivity contribution in [2.45, 2.75) is 25.1 Å². The van der Waals surface area contributed by atoms with Gasteiger partial charge in [-0.1, -0.05) is 30.3 Å². The quantitative estimate of drug-likeness (QED) is 0.672. The third-order valence-electron chi connectivity index (χ3n) is 2.76. The van der Waals surface area contributed by atoms with Crippen LogP contribution in [-0.2, 0) is 6.54 Å². The second-order valence-corrected chi connectivity index (χ2v) is 4.11. The zero-order chi connectivity index (χ0) is 10.5. The van der Waals surface area contributed by atoms with Crippen molar-refractivity contribution in [2.75, 3.05) is 13.1 Å². The number of hydrogen-bond donors (Lipinski definition) is 3. The summed E-state index contributed by atoms with van der Waals surface area (Å²) in [6.07, 6.45) is 0.704. The minimum atomic E-state index is -0.159. The predicted octanol–water partition coefficient (Wildman–Crippen LogP) is 0.499. The highest BCUT2D eigenvalue weighted by molar-refractivity contribution is 5.14. The summed E-state index contributed by atoms with van der Waals surface area (Å²) in [5.41, 5.74) is 1.30. The Kier molecular flexibility index (Phi) is 3.72. The van der Waals surface area contributed by atoms with Crippen LogP contribution in [0, 0.1) is 0 Å². The predicted molar refractivity (Wildman–Crippen MR) is 60.6 cm³/mol. The fourth-order valence-electron chi connectivity index (χ4n) is 1.94. The second kappa shape index (κ2) is 5.26. The Morgan fingerprint density at radius 1 is 1.33 bits per heavy atom. The van der Waals surface area contributed by atoms with Crippen molar-refractivity contribution >= 4 is 0 Å². The summed E-state index contributed by atoms with van der Waals surface area (Å²) in [7, 11) is 0. The van der Waals surface area contributed by atoms with Crippen molar-refractivity contribution in [1.82, 2.24) is 10.6 Å². The van der Waals surface area contributed by atoms with Crippen molar-refractivity contribution in [1.29, 1.82) is 0 Å². The van der Waals surface area contributed by atoms with Gasteiger partial charge in [0.15, 0.2) is 0 Å². The van der Waals surface area contributed by atoms with Crippen molar-refractivity contribution in [2.24, 2.45) is 0 Å². The molecule has 3 N–H and O–H groups in total. The Balaban J connectivity index is 1.67. The molecule has 0 radical (unpaired) electrons. The van der Waals surface area contributed by atoms with Gasteiger partial charge in [-0.3, -0.25) is 0 Å². The fourth-order valence-corrected chi connectivity index (χ4v) is 1.94. The molecule has 1 aliphatic heterocycles. The number of β-amino-alcohol motifs (C(OH)–C–C–N with tert-alkyl or cyclic N) is 1. The van der Waals surface area contributed by atoms with Crippen LogP contribution in [0.4, 0.5) is 0 Å². The van der Waals surface area contributed by atoms with E-state index in [9.17, 15) is 5.11 Å². The molecule has 1 fully saturated rings. The highest BCUT2D eigenvalue weighted by atomic mass is 16.3. The van der Waals surface area contributed by atoms with Crippen LogP contribution in [0.25, 0.3) is 0 Å². The van der Waals surface area contributed by atoms with E-state index in [4.69, 9.17) is 0 Å². The van der Waals surface area contributed by atoms with Crippen LogP contribution in [0.1, 0.15) is 12.0 Å². The third kappa shape index (κ3) is 3.30. The topological polar surface area (TPSA) is 44.3 Å². The SMILES string of the molecule is OC1CNC(CNCc2ccccc2)C1. The molecule has 0 bridgehead atoms. The molecule has 1 aromatic carbocycles. The largest absolute Gasteiger partial charge is 0.392 e. The van der Waals surface area contributed by atoms with E-state index in [1.54, 1.807) is 0 Å².